The maximum Gasteiger partial charge on any atom is 0.331 e. The van der Waals surface area contributed by atoms with Gasteiger partial charge in [-0.1, -0.05) is 18.2 Å². The Kier molecular flexibility index (Phi) is 5.58. The number of hydrogen-bond donors (Lipinski definition) is 1. The van der Waals surface area contributed by atoms with Crippen molar-refractivity contribution in [3.63, 3.8) is 0 Å². The molecular formula is C24H30N4O5. The van der Waals surface area contributed by atoms with Crippen molar-refractivity contribution < 1.29 is 14.7 Å². The lowest BCUT2D eigenvalue weighted by Crippen LogP contribution is -2.40. The summed E-state index contributed by atoms with van der Waals surface area (Å²) in [7, 11) is 1.41. The number of hydrogen-bond acceptors (Lipinski definition) is 5. The van der Waals surface area contributed by atoms with Gasteiger partial charge in [-0.2, -0.15) is 0 Å². The number of aliphatic hydroxyl groups is 1. The van der Waals surface area contributed by atoms with E-state index < -0.39 is 22.8 Å². The number of benzene rings is 1. The number of carbonyl (C=O) groups is 1. The van der Waals surface area contributed by atoms with E-state index in [1.54, 1.807) is 17.7 Å². The van der Waals surface area contributed by atoms with E-state index in [0.717, 1.165) is 26.3 Å². The summed E-state index contributed by atoms with van der Waals surface area (Å²) >= 11 is 0. The summed E-state index contributed by atoms with van der Waals surface area (Å²) in [5.41, 5.74) is 1.58. The summed E-state index contributed by atoms with van der Waals surface area (Å²) in [5, 5.41) is 11.6. The van der Waals surface area contributed by atoms with Crippen LogP contribution in [-0.4, -0.2) is 48.5 Å². The Bertz CT molecular complexity index is 1380. The van der Waals surface area contributed by atoms with E-state index in [1.165, 1.54) is 11.6 Å². The van der Waals surface area contributed by atoms with Gasteiger partial charge in [-0.05, 0) is 51.3 Å². The standard InChI is InChI=1S/C24H30N4O5/c1-14(2)28-18-11-26(10-17-9-7-8-15(3)16(17)4)20(19(18)21(29)25(6)23(28)31)22(30)27-12-24(5,32)13-33-27/h7-9,11,14,32H,10,12-13H2,1-6H3/t24-/m0/s1. The Morgan fingerprint density at radius 2 is 1.94 bits per heavy atom. The second kappa shape index (κ2) is 8.00. The molecule has 0 bridgehead atoms. The van der Waals surface area contributed by atoms with Crippen LogP contribution >= 0.6 is 0 Å². The van der Waals surface area contributed by atoms with E-state index in [2.05, 4.69) is 0 Å². The highest BCUT2D eigenvalue weighted by Crippen LogP contribution is 2.26. The number of fused-ring (bicyclic) bond motifs is 1. The number of aromatic nitrogens is 3. The fraction of sp³-hybridized carbons (Fsp3) is 0.458. The first-order chi connectivity index (χ1) is 15.4. The number of aryl methyl sites for hydroxylation is 1. The topological polar surface area (TPSA) is 98.7 Å². The number of rotatable bonds is 4. The summed E-state index contributed by atoms with van der Waals surface area (Å²) in [6.07, 6.45) is 1.70. The molecule has 9 heteroatoms. The summed E-state index contributed by atoms with van der Waals surface area (Å²) in [6, 6.07) is 5.72. The molecule has 4 rings (SSSR count). The molecule has 1 atom stereocenters. The van der Waals surface area contributed by atoms with Crippen molar-refractivity contribution >= 4 is 16.8 Å². The van der Waals surface area contributed by atoms with Crippen molar-refractivity contribution in [3.8, 4) is 0 Å². The van der Waals surface area contributed by atoms with Crippen LogP contribution in [0, 0.1) is 13.8 Å². The Hall–Kier alpha value is -3.17. The predicted molar refractivity (Wildman–Crippen MR) is 124 cm³/mol. The van der Waals surface area contributed by atoms with E-state index in [4.69, 9.17) is 4.84 Å². The third kappa shape index (κ3) is 3.81. The average Bonchev–Trinajstić information content (AvgIpc) is 3.29. The van der Waals surface area contributed by atoms with Crippen molar-refractivity contribution in [1.82, 2.24) is 18.8 Å². The zero-order valence-corrected chi connectivity index (χ0v) is 19.9. The molecule has 0 spiro atoms. The molecule has 3 aromatic rings. The Morgan fingerprint density at radius 3 is 2.55 bits per heavy atom. The number of hydroxylamine groups is 2. The van der Waals surface area contributed by atoms with Gasteiger partial charge < -0.3 is 9.67 Å². The van der Waals surface area contributed by atoms with Crippen LogP contribution in [0.4, 0.5) is 0 Å². The molecule has 0 saturated carbocycles. The van der Waals surface area contributed by atoms with Crippen LogP contribution < -0.4 is 11.2 Å². The maximum absolute atomic E-state index is 13.6. The van der Waals surface area contributed by atoms with E-state index in [-0.39, 0.29) is 30.3 Å². The summed E-state index contributed by atoms with van der Waals surface area (Å²) < 4.78 is 4.27. The van der Waals surface area contributed by atoms with Gasteiger partial charge in [0.2, 0.25) is 0 Å². The monoisotopic (exact) mass is 454 g/mol. The molecule has 1 aliphatic rings. The van der Waals surface area contributed by atoms with Crippen LogP contribution in [0.15, 0.2) is 34.0 Å². The number of β-amino-alcohol motifs (C(OH)–C–C–N with tert-alkyl or cyclic N) is 1. The number of carbonyl (C=O) groups excluding carboxylic acids is 1. The van der Waals surface area contributed by atoms with Crippen molar-refractivity contribution in [3.05, 3.63) is 67.6 Å². The summed E-state index contributed by atoms with van der Waals surface area (Å²) in [5.74, 6) is -0.529. The largest absolute Gasteiger partial charge is 0.386 e. The first kappa shape index (κ1) is 23.0. The van der Waals surface area contributed by atoms with Crippen LogP contribution in [-0.2, 0) is 18.4 Å². The van der Waals surface area contributed by atoms with E-state index >= 15 is 0 Å². The lowest BCUT2D eigenvalue weighted by atomic mass is 10.0. The van der Waals surface area contributed by atoms with Gasteiger partial charge in [0.1, 0.15) is 17.9 Å². The molecule has 0 aliphatic carbocycles. The molecule has 1 saturated heterocycles. The van der Waals surface area contributed by atoms with E-state index in [0.29, 0.717) is 12.1 Å². The van der Waals surface area contributed by atoms with Crippen LogP contribution in [0.1, 0.15) is 54.0 Å². The highest BCUT2D eigenvalue weighted by Gasteiger charge is 2.38. The lowest BCUT2D eigenvalue weighted by Gasteiger charge is -2.18. The average molecular weight is 455 g/mol. The summed E-state index contributed by atoms with van der Waals surface area (Å²) in [6.45, 7) is 9.62. The molecule has 1 aromatic carbocycles. The van der Waals surface area contributed by atoms with Crippen LogP contribution in [0.2, 0.25) is 0 Å². The van der Waals surface area contributed by atoms with Gasteiger partial charge >= 0.3 is 5.69 Å². The van der Waals surface area contributed by atoms with Gasteiger partial charge in [-0.25, -0.2) is 9.86 Å². The number of amides is 1. The normalized spacial score (nSPS) is 18.6. The molecule has 33 heavy (non-hydrogen) atoms. The quantitative estimate of drug-likeness (QED) is 0.649. The zero-order valence-electron chi connectivity index (χ0n) is 19.9. The molecule has 1 N–H and O–H groups in total. The summed E-state index contributed by atoms with van der Waals surface area (Å²) in [4.78, 5) is 45.3. The van der Waals surface area contributed by atoms with Gasteiger partial charge in [0.25, 0.3) is 11.5 Å². The lowest BCUT2D eigenvalue weighted by molar-refractivity contribution is -0.0801. The Balaban J connectivity index is 2.01. The molecule has 1 fully saturated rings. The third-order valence-corrected chi connectivity index (χ3v) is 6.35. The maximum atomic E-state index is 13.6. The minimum absolute atomic E-state index is 0.0217. The fourth-order valence-corrected chi connectivity index (χ4v) is 4.34. The third-order valence-electron chi connectivity index (χ3n) is 6.35. The van der Waals surface area contributed by atoms with Crippen LogP contribution in [0.25, 0.3) is 10.9 Å². The van der Waals surface area contributed by atoms with Gasteiger partial charge in [-0.3, -0.25) is 23.6 Å². The SMILES string of the molecule is Cc1cccc(Cn2cc3c(c2C(=O)N2C[C@](C)(O)CO2)c(=O)n(C)c(=O)n3C(C)C)c1C. The second-order valence-electron chi connectivity index (χ2n) is 9.45. The second-order valence-corrected chi connectivity index (χ2v) is 9.45. The Morgan fingerprint density at radius 1 is 1.24 bits per heavy atom. The van der Waals surface area contributed by atoms with Crippen molar-refractivity contribution in [1.29, 1.82) is 0 Å². The van der Waals surface area contributed by atoms with E-state index in [1.807, 2.05) is 45.9 Å². The predicted octanol–water partition coefficient (Wildman–Crippen LogP) is 1.89. The molecule has 2 aromatic heterocycles. The first-order valence-corrected chi connectivity index (χ1v) is 11.0. The first-order valence-electron chi connectivity index (χ1n) is 11.0. The molecule has 176 valence electrons. The number of nitrogens with zero attached hydrogens (tertiary/aromatic N) is 4. The molecule has 0 unspecified atom stereocenters. The van der Waals surface area contributed by atoms with Gasteiger partial charge in [0.05, 0.1) is 17.4 Å². The molecule has 1 amide bonds. The van der Waals surface area contributed by atoms with Crippen molar-refractivity contribution in [2.75, 3.05) is 13.2 Å². The smallest absolute Gasteiger partial charge is 0.331 e. The molecular weight excluding hydrogens is 424 g/mol. The zero-order chi connectivity index (χ0) is 24.2. The fourth-order valence-electron chi connectivity index (χ4n) is 4.34. The van der Waals surface area contributed by atoms with Crippen molar-refractivity contribution in [2.24, 2.45) is 7.05 Å². The van der Waals surface area contributed by atoms with Gasteiger partial charge in [0, 0.05) is 25.8 Å². The van der Waals surface area contributed by atoms with Crippen LogP contribution in [0.3, 0.4) is 0 Å². The van der Waals surface area contributed by atoms with E-state index in [9.17, 15) is 19.5 Å². The van der Waals surface area contributed by atoms with Crippen LogP contribution in [0.5, 0.6) is 0 Å². The van der Waals surface area contributed by atoms with Gasteiger partial charge in [0.15, 0.2) is 0 Å². The highest BCUT2D eigenvalue weighted by molar-refractivity contribution is 6.05. The Labute approximate surface area is 191 Å². The molecule has 9 nitrogen and oxygen atoms in total. The molecule has 1 aliphatic heterocycles. The van der Waals surface area contributed by atoms with Gasteiger partial charge in [-0.15, -0.1) is 0 Å². The minimum Gasteiger partial charge on any atom is -0.386 e. The highest BCUT2D eigenvalue weighted by atomic mass is 16.7. The minimum atomic E-state index is -1.18. The molecule has 3 heterocycles. The van der Waals surface area contributed by atoms with Crippen molar-refractivity contribution in [2.45, 2.75) is 52.8 Å². The molecule has 0 radical (unpaired) electrons.